The summed E-state index contributed by atoms with van der Waals surface area (Å²) in [7, 11) is 0.751. The number of rotatable bonds is 4. The van der Waals surface area contributed by atoms with Crippen LogP contribution < -0.4 is 0 Å². The first kappa shape index (κ1) is 12.4. The van der Waals surface area contributed by atoms with Crippen molar-refractivity contribution in [2.75, 3.05) is 0 Å². The van der Waals surface area contributed by atoms with Crippen molar-refractivity contribution in [1.29, 1.82) is 0 Å². The quantitative estimate of drug-likeness (QED) is 0.620. The van der Waals surface area contributed by atoms with E-state index in [1.807, 2.05) is 0 Å². The Bertz CT molecular complexity index is 116. The van der Waals surface area contributed by atoms with Crippen molar-refractivity contribution in [2.24, 2.45) is 0 Å². The fourth-order valence-corrected chi connectivity index (χ4v) is 5.48. The Kier molecular flexibility index (Phi) is 5.36. The monoisotopic (exact) mass is 203 g/mol. The predicted octanol–water partition coefficient (Wildman–Crippen LogP) is 1.17. The first-order valence-corrected chi connectivity index (χ1v) is 8.64. The fourth-order valence-electron chi connectivity index (χ4n) is 1.88. The topological polar surface area (TPSA) is 3.24 Å². The number of hydrogen-bond donors (Lipinski definition) is 0. The molecule has 0 fully saturated rings. The average molecular weight is 203 g/mol. The summed E-state index contributed by atoms with van der Waals surface area (Å²) in [6.45, 7) is 14.2. The summed E-state index contributed by atoms with van der Waals surface area (Å²) < 4.78 is 2.75. The molecule has 0 rings (SSSR count). The van der Waals surface area contributed by atoms with E-state index in [0.29, 0.717) is 0 Å². The van der Waals surface area contributed by atoms with Crippen LogP contribution in [0.5, 0.6) is 0 Å². The van der Waals surface area contributed by atoms with Gasteiger partial charge in [0.2, 0.25) is 0 Å². The molecular weight excluding hydrogens is 178 g/mol. The molecule has 0 aromatic carbocycles. The van der Waals surface area contributed by atoms with E-state index < -0.39 is 8.96 Å². The Balaban J connectivity index is 4.30. The zero-order chi connectivity index (χ0) is 9.89. The lowest BCUT2D eigenvalue weighted by atomic mass is 10.3. The van der Waals surface area contributed by atoms with Crippen LogP contribution in [0.1, 0.15) is 34.6 Å². The smallest absolute Gasteiger partial charge is 0.108 e. The maximum absolute atomic E-state index is 2.75. The van der Waals surface area contributed by atoms with Crippen LogP contribution in [0, 0.1) is 0 Å². The van der Waals surface area contributed by atoms with Gasteiger partial charge in [0.05, 0.1) is 0 Å². The Morgan fingerprint density at radius 3 is 1.42 bits per heavy atom. The average Bonchev–Trinajstić information content (AvgIpc) is 1.85. The molecule has 0 heterocycles. The molecule has 0 aliphatic heterocycles. The molecule has 3 heteroatoms. The second-order valence-corrected chi connectivity index (χ2v) is 11.2. The van der Waals surface area contributed by atoms with Gasteiger partial charge in [-0.2, -0.15) is 0 Å². The van der Waals surface area contributed by atoms with Crippen molar-refractivity contribution in [3.63, 3.8) is 0 Å². The first-order chi connectivity index (χ1) is 5.37. The van der Waals surface area contributed by atoms with Crippen molar-refractivity contribution >= 4 is 19.2 Å². The molecule has 1 nitrogen and oxygen atoms in total. The summed E-state index contributed by atoms with van der Waals surface area (Å²) in [6, 6.07) is 1.48. The van der Waals surface area contributed by atoms with E-state index in [1.54, 1.807) is 0 Å². The zero-order valence-electron chi connectivity index (χ0n) is 9.76. The molecule has 0 N–H and O–H groups in total. The molecule has 0 saturated carbocycles. The van der Waals surface area contributed by atoms with Crippen LogP contribution in [-0.4, -0.2) is 35.8 Å². The van der Waals surface area contributed by atoms with Gasteiger partial charge < -0.3 is 4.57 Å². The maximum atomic E-state index is 2.75. The van der Waals surface area contributed by atoms with Gasteiger partial charge >= 0.3 is 0 Å². The van der Waals surface area contributed by atoms with Gasteiger partial charge in [-0.05, 0) is 12.1 Å². The van der Waals surface area contributed by atoms with Crippen molar-refractivity contribution in [1.82, 2.24) is 4.57 Å². The molecule has 0 bridgehead atoms. The van der Waals surface area contributed by atoms with Gasteiger partial charge in [-0.3, -0.25) is 0 Å². The first-order valence-electron chi connectivity index (χ1n) is 5.15. The third-order valence-corrected chi connectivity index (χ3v) is 9.58. The van der Waals surface area contributed by atoms with Crippen LogP contribution in [0.3, 0.4) is 0 Å². The molecule has 0 spiro atoms. The molecule has 2 unspecified atom stereocenters. The highest BCUT2D eigenvalue weighted by Gasteiger charge is 2.23. The molecule has 0 amide bonds. The van der Waals surface area contributed by atoms with Crippen LogP contribution in [0.25, 0.3) is 0 Å². The summed E-state index contributed by atoms with van der Waals surface area (Å²) in [5.74, 6) is 0. The molecule has 0 aromatic rings. The van der Waals surface area contributed by atoms with E-state index in [-0.39, 0.29) is 0 Å². The van der Waals surface area contributed by atoms with Crippen LogP contribution in [0.15, 0.2) is 0 Å². The van der Waals surface area contributed by atoms with Crippen molar-refractivity contribution in [2.45, 2.75) is 58.4 Å². The Morgan fingerprint density at radius 2 is 1.33 bits per heavy atom. The lowest BCUT2D eigenvalue weighted by molar-refractivity contribution is 0.302. The number of hydrogen-bond acceptors (Lipinski definition) is 1. The second kappa shape index (κ2) is 5.19. The Hall–Kier alpha value is 0.394. The Morgan fingerprint density at radius 1 is 1.00 bits per heavy atom. The van der Waals surface area contributed by atoms with E-state index in [4.69, 9.17) is 0 Å². The molecule has 74 valence electrons. The number of nitrogens with zero attached hydrogens (tertiary/aromatic N) is 1. The summed E-state index contributed by atoms with van der Waals surface area (Å²) in [4.78, 5) is 0. The summed E-state index contributed by atoms with van der Waals surface area (Å²) in [6.07, 6.45) is 0. The largest absolute Gasteiger partial charge is 0.322 e. The van der Waals surface area contributed by atoms with Gasteiger partial charge in [0.15, 0.2) is 0 Å². The van der Waals surface area contributed by atoms with E-state index in [0.717, 1.165) is 17.2 Å². The molecule has 0 radical (unpaired) electrons. The molecule has 0 saturated heterocycles. The van der Waals surface area contributed by atoms with Crippen molar-refractivity contribution < 1.29 is 0 Å². The SMILES string of the molecule is CC(C)N(C(C)C)[SiH](C)C(C)[SiH3]. The van der Waals surface area contributed by atoms with Gasteiger partial charge in [0, 0.05) is 10.2 Å². The highest BCUT2D eigenvalue weighted by molar-refractivity contribution is 6.64. The lowest BCUT2D eigenvalue weighted by Gasteiger charge is -2.37. The molecule has 0 aliphatic carbocycles. The van der Waals surface area contributed by atoms with Gasteiger partial charge in [0.1, 0.15) is 8.96 Å². The van der Waals surface area contributed by atoms with Crippen molar-refractivity contribution in [3.8, 4) is 0 Å². The van der Waals surface area contributed by atoms with Gasteiger partial charge in [-0.1, -0.05) is 46.3 Å². The van der Waals surface area contributed by atoms with Crippen molar-refractivity contribution in [3.05, 3.63) is 0 Å². The second-order valence-electron chi connectivity index (χ2n) is 4.62. The minimum absolute atomic E-state index is 0.611. The lowest BCUT2D eigenvalue weighted by Crippen LogP contribution is -2.48. The minimum atomic E-state index is -0.611. The molecule has 12 heavy (non-hydrogen) atoms. The van der Waals surface area contributed by atoms with E-state index >= 15 is 0 Å². The summed E-state index contributed by atoms with van der Waals surface area (Å²) in [5, 5.41) is 1.02. The third-order valence-electron chi connectivity index (χ3n) is 2.63. The van der Waals surface area contributed by atoms with Crippen LogP contribution in [-0.2, 0) is 0 Å². The molecule has 0 aromatic heterocycles. The predicted molar refractivity (Wildman–Crippen MR) is 64.5 cm³/mol. The van der Waals surface area contributed by atoms with Crippen LogP contribution in [0.2, 0.25) is 11.7 Å². The van der Waals surface area contributed by atoms with E-state index in [9.17, 15) is 0 Å². The summed E-state index contributed by atoms with van der Waals surface area (Å²) in [5.41, 5.74) is 0. The molecule has 0 aliphatic rings. The fraction of sp³-hybridized carbons (Fsp3) is 1.00. The molecular formula is C9H25NSi2. The van der Waals surface area contributed by atoms with E-state index in [2.05, 4.69) is 45.7 Å². The van der Waals surface area contributed by atoms with Gasteiger partial charge in [-0.25, -0.2) is 0 Å². The van der Waals surface area contributed by atoms with E-state index in [1.165, 1.54) is 10.2 Å². The zero-order valence-corrected chi connectivity index (χ0v) is 12.9. The Labute approximate surface area is 82.6 Å². The minimum Gasteiger partial charge on any atom is -0.322 e. The highest BCUT2D eigenvalue weighted by atomic mass is 28.3. The van der Waals surface area contributed by atoms with Crippen LogP contribution in [0.4, 0.5) is 0 Å². The van der Waals surface area contributed by atoms with Crippen LogP contribution >= 0.6 is 0 Å². The van der Waals surface area contributed by atoms with Gasteiger partial charge in [-0.15, -0.1) is 0 Å². The molecule has 2 atom stereocenters. The maximum Gasteiger partial charge on any atom is 0.108 e. The normalized spacial score (nSPS) is 17.8. The third kappa shape index (κ3) is 3.41. The standard InChI is InChI=1S/C9H25NSi2/c1-7(2)10(8(3)4)12(6)9(5)11/h7-9,12H,1-6,11H3. The summed E-state index contributed by atoms with van der Waals surface area (Å²) >= 11 is 0. The highest BCUT2D eigenvalue weighted by Crippen LogP contribution is 2.15. The van der Waals surface area contributed by atoms with Gasteiger partial charge in [0.25, 0.3) is 0 Å².